The third kappa shape index (κ3) is 6.19. The minimum absolute atomic E-state index is 0.000621. The first-order chi connectivity index (χ1) is 15.3. The molecule has 0 bridgehead atoms. The molecule has 0 aliphatic carbocycles. The Morgan fingerprint density at radius 1 is 1.25 bits per heavy atom. The highest BCUT2D eigenvalue weighted by Gasteiger charge is 2.17. The van der Waals surface area contributed by atoms with Gasteiger partial charge in [-0.15, -0.1) is 10.2 Å². The SMILES string of the molecule is CCc1nnc(S/C(=C\c2cc(OC)c(OCc3ccc(Cl)cc3Cl)cc2Br)C(=O)O)o1. The lowest BCUT2D eigenvalue weighted by molar-refractivity contribution is -0.131. The highest BCUT2D eigenvalue weighted by Crippen LogP contribution is 2.37. The smallest absolute Gasteiger partial charge is 0.342 e. The van der Waals surface area contributed by atoms with Crippen molar-refractivity contribution in [2.75, 3.05) is 7.11 Å². The summed E-state index contributed by atoms with van der Waals surface area (Å²) in [6.45, 7) is 2.06. The number of rotatable bonds is 9. The summed E-state index contributed by atoms with van der Waals surface area (Å²) in [7, 11) is 1.50. The number of halogens is 3. The number of ether oxygens (including phenoxy) is 2. The fourth-order valence-electron chi connectivity index (χ4n) is 2.52. The third-order valence-corrected chi connectivity index (χ3v) is 6.25. The van der Waals surface area contributed by atoms with Crippen LogP contribution in [0.4, 0.5) is 0 Å². The molecule has 32 heavy (non-hydrogen) atoms. The fourth-order valence-corrected chi connectivity index (χ4v) is 4.10. The maximum absolute atomic E-state index is 11.8. The Morgan fingerprint density at radius 3 is 2.66 bits per heavy atom. The molecule has 11 heteroatoms. The normalized spacial score (nSPS) is 11.5. The lowest BCUT2D eigenvalue weighted by Crippen LogP contribution is -2.00. The molecule has 1 N–H and O–H groups in total. The minimum Gasteiger partial charge on any atom is -0.493 e. The van der Waals surface area contributed by atoms with Gasteiger partial charge in [-0.2, -0.15) is 0 Å². The molecule has 0 saturated carbocycles. The van der Waals surface area contributed by atoms with Gasteiger partial charge in [-0.3, -0.25) is 0 Å². The number of methoxy groups -OCH3 is 1. The number of nitrogens with zero attached hydrogens (tertiary/aromatic N) is 2. The number of hydrogen-bond acceptors (Lipinski definition) is 7. The summed E-state index contributed by atoms with van der Waals surface area (Å²) in [6.07, 6.45) is 2.04. The monoisotopic (exact) mass is 558 g/mol. The summed E-state index contributed by atoms with van der Waals surface area (Å²) >= 11 is 16.5. The molecule has 0 atom stereocenters. The quantitative estimate of drug-likeness (QED) is 0.234. The maximum atomic E-state index is 11.8. The molecule has 0 saturated heterocycles. The molecule has 1 heterocycles. The number of aryl methyl sites for hydroxylation is 1. The highest BCUT2D eigenvalue weighted by molar-refractivity contribution is 9.10. The Labute approximate surface area is 206 Å². The fraction of sp³-hybridized carbons (Fsp3) is 0.190. The predicted molar refractivity (Wildman–Crippen MR) is 127 cm³/mol. The van der Waals surface area contributed by atoms with Gasteiger partial charge < -0.3 is 19.0 Å². The van der Waals surface area contributed by atoms with Crippen LogP contribution in [0.5, 0.6) is 11.5 Å². The predicted octanol–water partition coefficient (Wildman–Crippen LogP) is 6.51. The second kappa shape index (κ2) is 11.1. The van der Waals surface area contributed by atoms with Crippen molar-refractivity contribution in [3.63, 3.8) is 0 Å². The van der Waals surface area contributed by atoms with Crippen molar-refractivity contribution in [3.8, 4) is 11.5 Å². The molecule has 0 aliphatic rings. The average molecular weight is 560 g/mol. The van der Waals surface area contributed by atoms with E-state index < -0.39 is 5.97 Å². The molecule has 3 rings (SSSR count). The first-order valence-corrected chi connectivity index (χ1v) is 11.6. The van der Waals surface area contributed by atoms with E-state index in [1.165, 1.54) is 13.2 Å². The van der Waals surface area contributed by atoms with E-state index in [9.17, 15) is 9.90 Å². The van der Waals surface area contributed by atoms with Crippen molar-refractivity contribution in [2.24, 2.45) is 0 Å². The van der Waals surface area contributed by atoms with E-state index in [4.69, 9.17) is 37.1 Å². The first kappa shape index (κ1) is 24.4. The molecule has 2 aromatic carbocycles. The second-order valence-corrected chi connectivity index (χ2v) is 8.97. The van der Waals surface area contributed by atoms with Gasteiger partial charge in [-0.1, -0.05) is 52.1 Å². The third-order valence-electron chi connectivity index (χ3n) is 4.13. The number of benzene rings is 2. The van der Waals surface area contributed by atoms with Gasteiger partial charge in [0.05, 0.1) is 7.11 Å². The molecule has 3 aromatic rings. The highest BCUT2D eigenvalue weighted by atomic mass is 79.9. The van der Waals surface area contributed by atoms with E-state index in [0.29, 0.717) is 43.9 Å². The topological polar surface area (TPSA) is 94.7 Å². The van der Waals surface area contributed by atoms with Crippen LogP contribution in [0, 0.1) is 0 Å². The van der Waals surface area contributed by atoms with E-state index in [2.05, 4.69) is 26.1 Å². The van der Waals surface area contributed by atoms with Crippen molar-refractivity contribution < 1.29 is 23.8 Å². The van der Waals surface area contributed by atoms with Gasteiger partial charge >= 0.3 is 5.97 Å². The van der Waals surface area contributed by atoms with Gasteiger partial charge in [0.2, 0.25) is 5.89 Å². The van der Waals surface area contributed by atoms with Gasteiger partial charge in [0.1, 0.15) is 11.5 Å². The van der Waals surface area contributed by atoms with Crippen LogP contribution in [0.15, 0.2) is 49.3 Å². The molecule has 1 aromatic heterocycles. The van der Waals surface area contributed by atoms with Crippen molar-refractivity contribution in [1.82, 2.24) is 10.2 Å². The van der Waals surface area contributed by atoms with E-state index in [0.717, 1.165) is 17.3 Å². The summed E-state index contributed by atoms with van der Waals surface area (Å²) in [5.41, 5.74) is 1.33. The van der Waals surface area contributed by atoms with Crippen LogP contribution in [0.25, 0.3) is 6.08 Å². The molecular formula is C21H17BrCl2N2O5S. The molecule has 0 fully saturated rings. The largest absolute Gasteiger partial charge is 0.493 e. The van der Waals surface area contributed by atoms with E-state index >= 15 is 0 Å². The standard InChI is InChI=1S/C21H17BrCl2N2O5S/c1-3-19-25-26-21(31-19)32-18(20(27)28)7-12-6-16(29-2)17(9-14(12)22)30-10-11-4-5-13(23)8-15(11)24/h4-9H,3,10H2,1-2H3,(H,27,28)/b18-7-. The van der Waals surface area contributed by atoms with E-state index in [1.807, 2.05) is 6.92 Å². The van der Waals surface area contributed by atoms with Gasteiger partial charge in [0.25, 0.3) is 5.22 Å². The van der Waals surface area contributed by atoms with Crippen LogP contribution in [0.3, 0.4) is 0 Å². The number of aromatic nitrogens is 2. The van der Waals surface area contributed by atoms with Crippen molar-refractivity contribution in [1.29, 1.82) is 0 Å². The van der Waals surface area contributed by atoms with Crippen LogP contribution in [0.2, 0.25) is 10.0 Å². The first-order valence-electron chi connectivity index (χ1n) is 9.20. The Kier molecular flexibility index (Phi) is 8.47. The number of aliphatic carboxylic acids is 1. The van der Waals surface area contributed by atoms with E-state index in [1.54, 1.807) is 30.3 Å². The van der Waals surface area contributed by atoms with Crippen molar-refractivity contribution in [2.45, 2.75) is 25.2 Å². The Balaban J connectivity index is 1.85. The van der Waals surface area contributed by atoms with Gasteiger partial charge in [0, 0.05) is 26.5 Å². The Morgan fingerprint density at radius 2 is 2.03 bits per heavy atom. The molecule has 7 nitrogen and oxygen atoms in total. The molecule has 0 unspecified atom stereocenters. The summed E-state index contributed by atoms with van der Waals surface area (Å²) in [5.74, 6) is 0.180. The molecule has 0 amide bonds. The van der Waals surface area contributed by atoms with Crippen LogP contribution in [0.1, 0.15) is 23.9 Å². The van der Waals surface area contributed by atoms with Crippen LogP contribution < -0.4 is 9.47 Å². The van der Waals surface area contributed by atoms with Crippen molar-refractivity contribution >= 4 is 62.9 Å². The molecule has 0 spiro atoms. The average Bonchev–Trinajstić information content (AvgIpc) is 3.21. The lowest BCUT2D eigenvalue weighted by Gasteiger charge is -2.14. The summed E-state index contributed by atoms with van der Waals surface area (Å²) in [5, 5.41) is 18.5. The number of thioether (sulfide) groups is 1. The van der Waals surface area contributed by atoms with Crippen molar-refractivity contribution in [3.05, 3.63) is 66.8 Å². The number of carboxylic acids is 1. The molecule has 168 valence electrons. The summed E-state index contributed by atoms with van der Waals surface area (Å²) in [4.78, 5) is 11.8. The summed E-state index contributed by atoms with van der Waals surface area (Å²) in [6, 6.07) is 8.51. The zero-order valence-corrected chi connectivity index (χ0v) is 20.8. The number of carbonyl (C=O) groups is 1. The maximum Gasteiger partial charge on any atom is 0.342 e. The number of hydrogen-bond donors (Lipinski definition) is 1. The van der Waals surface area contributed by atoms with Gasteiger partial charge in [-0.05, 0) is 47.7 Å². The molecule has 0 radical (unpaired) electrons. The van der Waals surface area contributed by atoms with Gasteiger partial charge in [0.15, 0.2) is 11.5 Å². The second-order valence-electron chi connectivity index (χ2n) is 6.28. The Hall–Kier alpha value is -2.20. The zero-order valence-electron chi connectivity index (χ0n) is 16.9. The Bertz CT molecular complexity index is 1170. The van der Waals surface area contributed by atoms with E-state index in [-0.39, 0.29) is 16.7 Å². The molecule has 0 aliphatic heterocycles. The minimum atomic E-state index is -1.13. The van der Waals surface area contributed by atoms with Crippen LogP contribution in [-0.4, -0.2) is 28.4 Å². The summed E-state index contributed by atoms with van der Waals surface area (Å²) < 4.78 is 17.3. The van der Waals surface area contributed by atoms with Crippen LogP contribution in [-0.2, 0) is 17.8 Å². The number of carboxylic acid groups (broad SMARTS) is 1. The van der Waals surface area contributed by atoms with Crippen LogP contribution >= 0.6 is 50.9 Å². The zero-order chi connectivity index (χ0) is 23.3. The molecular weight excluding hydrogens is 543 g/mol. The van der Waals surface area contributed by atoms with Gasteiger partial charge in [-0.25, -0.2) is 4.79 Å². The lowest BCUT2D eigenvalue weighted by atomic mass is 10.2.